The molecule has 0 saturated heterocycles. The smallest absolute Gasteiger partial charge is 0.243 e. The van der Waals surface area contributed by atoms with Crippen molar-refractivity contribution in [2.75, 3.05) is 11.9 Å². The molecule has 23 heavy (non-hydrogen) atoms. The second-order valence-corrected chi connectivity index (χ2v) is 5.98. The third kappa shape index (κ3) is 3.86. The van der Waals surface area contributed by atoms with Gasteiger partial charge in [-0.15, -0.1) is 0 Å². The third-order valence-corrected chi connectivity index (χ3v) is 4.31. The SMILES string of the molecule is O=C(CNC(=O)C1CCCCC1)Nc1cccc2cccnc12. The van der Waals surface area contributed by atoms with Gasteiger partial charge in [-0.1, -0.05) is 37.5 Å². The van der Waals surface area contributed by atoms with E-state index in [4.69, 9.17) is 0 Å². The maximum Gasteiger partial charge on any atom is 0.243 e. The number of carbonyl (C=O) groups excluding carboxylic acids is 2. The largest absolute Gasteiger partial charge is 0.347 e. The van der Waals surface area contributed by atoms with Gasteiger partial charge in [-0.3, -0.25) is 14.6 Å². The normalized spacial score (nSPS) is 15.3. The molecular weight excluding hydrogens is 290 g/mol. The van der Waals surface area contributed by atoms with E-state index in [9.17, 15) is 9.59 Å². The fourth-order valence-corrected chi connectivity index (χ4v) is 3.08. The molecule has 1 aromatic carbocycles. The van der Waals surface area contributed by atoms with Gasteiger partial charge in [-0.05, 0) is 25.0 Å². The topological polar surface area (TPSA) is 71.1 Å². The number of rotatable bonds is 4. The first-order chi connectivity index (χ1) is 11.2. The number of pyridine rings is 1. The highest BCUT2D eigenvalue weighted by Gasteiger charge is 2.21. The molecule has 3 rings (SSSR count). The molecular formula is C18H21N3O2. The van der Waals surface area contributed by atoms with Crippen LogP contribution < -0.4 is 10.6 Å². The second kappa shape index (κ2) is 7.22. The minimum absolute atomic E-state index is 0.00143. The zero-order valence-electron chi connectivity index (χ0n) is 13.0. The lowest BCUT2D eigenvalue weighted by Crippen LogP contribution is -2.37. The summed E-state index contributed by atoms with van der Waals surface area (Å²) in [7, 11) is 0. The van der Waals surface area contributed by atoms with Gasteiger partial charge in [0.2, 0.25) is 11.8 Å². The Hall–Kier alpha value is -2.43. The minimum Gasteiger partial charge on any atom is -0.347 e. The molecule has 0 unspecified atom stereocenters. The lowest BCUT2D eigenvalue weighted by atomic mass is 9.89. The summed E-state index contributed by atoms with van der Waals surface area (Å²) in [6.45, 7) is -0.00143. The summed E-state index contributed by atoms with van der Waals surface area (Å²) in [5.74, 6) is -0.168. The zero-order chi connectivity index (χ0) is 16.1. The summed E-state index contributed by atoms with van der Waals surface area (Å²) in [5.41, 5.74) is 1.42. The average Bonchev–Trinajstić information content (AvgIpc) is 2.61. The summed E-state index contributed by atoms with van der Waals surface area (Å²) < 4.78 is 0. The number of amides is 2. The molecule has 5 heteroatoms. The predicted molar refractivity (Wildman–Crippen MR) is 90.0 cm³/mol. The number of benzene rings is 1. The van der Waals surface area contributed by atoms with Crippen LogP contribution in [-0.4, -0.2) is 23.3 Å². The first-order valence-corrected chi connectivity index (χ1v) is 8.15. The minimum atomic E-state index is -0.229. The Kier molecular flexibility index (Phi) is 4.86. The Morgan fingerprint density at radius 3 is 2.70 bits per heavy atom. The number of hydrogen-bond acceptors (Lipinski definition) is 3. The van der Waals surface area contributed by atoms with E-state index >= 15 is 0 Å². The number of carbonyl (C=O) groups is 2. The molecule has 2 amide bonds. The van der Waals surface area contributed by atoms with Gasteiger partial charge in [-0.2, -0.15) is 0 Å². The number of nitrogens with zero attached hydrogens (tertiary/aromatic N) is 1. The van der Waals surface area contributed by atoms with Crippen molar-refractivity contribution in [3.05, 3.63) is 36.5 Å². The van der Waals surface area contributed by atoms with Crippen LogP contribution in [0.25, 0.3) is 10.9 Å². The summed E-state index contributed by atoms with van der Waals surface area (Å²) in [5, 5.41) is 6.55. The summed E-state index contributed by atoms with van der Waals surface area (Å²) in [4.78, 5) is 28.5. The van der Waals surface area contributed by atoms with E-state index in [1.165, 1.54) is 6.42 Å². The highest BCUT2D eigenvalue weighted by Crippen LogP contribution is 2.23. The van der Waals surface area contributed by atoms with Crippen LogP contribution >= 0.6 is 0 Å². The van der Waals surface area contributed by atoms with Gasteiger partial charge < -0.3 is 10.6 Å². The molecule has 1 fully saturated rings. The van der Waals surface area contributed by atoms with E-state index in [1.807, 2.05) is 30.3 Å². The van der Waals surface area contributed by atoms with Crippen LogP contribution in [0.4, 0.5) is 5.69 Å². The third-order valence-electron chi connectivity index (χ3n) is 4.31. The van der Waals surface area contributed by atoms with E-state index in [0.717, 1.165) is 36.6 Å². The van der Waals surface area contributed by atoms with E-state index in [-0.39, 0.29) is 24.3 Å². The van der Waals surface area contributed by atoms with Crippen molar-refractivity contribution in [2.24, 2.45) is 5.92 Å². The first-order valence-electron chi connectivity index (χ1n) is 8.15. The Balaban J connectivity index is 1.57. The van der Waals surface area contributed by atoms with Crippen molar-refractivity contribution in [1.82, 2.24) is 10.3 Å². The van der Waals surface area contributed by atoms with Gasteiger partial charge in [0.1, 0.15) is 0 Å². The standard InChI is InChI=1S/C18H21N3O2/c22-16(12-20-18(23)14-6-2-1-3-7-14)21-15-10-4-8-13-9-5-11-19-17(13)15/h4-5,8-11,14H,1-3,6-7,12H2,(H,20,23)(H,21,22). The molecule has 0 spiro atoms. The van der Waals surface area contributed by atoms with Crippen LogP contribution in [0.3, 0.4) is 0 Å². The lowest BCUT2D eigenvalue weighted by Gasteiger charge is -2.20. The van der Waals surface area contributed by atoms with Gasteiger partial charge in [0.15, 0.2) is 0 Å². The predicted octanol–water partition coefficient (Wildman–Crippen LogP) is 2.87. The maximum absolute atomic E-state index is 12.1. The van der Waals surface area contributed by atoms with Gasteiger partial charge >= 0.3 is 0 Å². The maximum atomic E-state index is 12.1. The van der Waals surface area contributed by atoms with E-state index in [1.54, 1.807) is 6.20 Å². The Labute approximate surface area is 135 Å². The molecule has 120 valence electrons. The van der Waals surface area contributed by atoms with Crippen LogP contribution in [0.2, 0.25) is 0 Å². The Morgan fingerprint density at radius 2 is 1.87 bits per heavy atom. The Morgan fingerprint density at radius 1 is 1.09 bits per heavy atom. The monoisotopic (exact) mass is 311 g/mol. The Bertz CT molecular complexity index is 703. The molecule has 1 aliphatic rings. The van der Waals surface area contributed by atoms with E-state index in [0.29, 0.717) is 5.69 Å². The van der Waals surface area contributed by atoms with Crippen LogP contribution in [-0.2, 0) is 9.59 Å². The summed E-state index contributed by atoms with van der Waals surface area (Å²) >= 11 is 0. The van der Waals surface area contributed by atoms with Crippen LogP contribution in [0.1, 0.15) is 32.1 Å². The molecule has 2 N–H and O–H groups in total. The molecule has 0 atom stereocenters. The second-order valence-electron chi connectivity index (χ2n) is 5.98. The van der Waals surface area contributed by atoms with Crippen LogP contribution in [0, 0.1) is 5.92 Å². The van der Waals surface area contributed by atoms with Crippen molar-refractivity contribution >= 4 is 28.4 Å². The first kappa shape index (κ1) is 15.5. The quantitative estimate of drug-likeness (QED) is 0.912. The molecule has 1 aliphatic carbocycles. The average molecular weight is 311 g/mol. The van der Waals surface area contributed by atoms with Crippen molar-refractivity contribution < 1.29 is 9.59 Å². The molecule has 0 aliphatic heterocycles. The number of para-hydroxylation sites is 1. The number of fused-ring (bicyclic) bond motifs is 1. The lowest BCUT2D eigenvalue weighted by molar-refractivity contribution is -0.128. The number of aromatic nitrogens is 1. The van der Waals surface area contributed by atoms with Gasteiger partial charge in [0.25, 0.3) is 0 Å². The molecule has 1 saturated carbocycles. The number of nitrogens with one attached hydrogen (secondary N) is 2. The zero-order valence-corrected chi connectivity index (χ0v) is 13.0. The molecule has 5 nitrogen and oxygen atoms in total. The van der Waals surface area contributed by atoms with Crippen molar-refractivity contribution in [3.63, 3.8) is 0 Å². The molecule has 2 aromatic rings. The van der Waals surface area contributed by atoms with E-state index in [2.05, 4.69) is 15.6 Å². The highest BCUT2D eigenvalue weighted by atomic mass is 16.2. The van der Waals surface area contributed by atoms with Crippen molar-refractivity contribution in [1.29, 1.82) is 0 Å². The van der Waals surface area contributed by atoms with Gasteiger partial charge in [-0.25, -0.2) is 0 Å². The van der Waals surface area contributed by atoms with Gasteiger partial charge in [0.05, 0.1) is 17.7 Å². The number of hydrogen-bond donors (Lipinski definition) is 2. The van der Waals surface area contributed by atoms with Crippen LogP contribution in [0.5, 0.6) is 0 Å². The molecule has 0 radical (unpaired) electrons. The fourth-order valence-electron chi connectivity index (χ4n) is 3.08. The van der Waals surface area contributed by atoms with Crippen molar-refractivity contribution in [3.8, 4) is 0 Å². The van der Waals surface area contributed by atoms with Crippen LogP contribution in [0.15, 0.2) is 36.5 Å². The van der Waals surface area contributed by atoms with E-state index < -0.39 is 0 Å². The number of anilines is 1. The van der Waals surface area contributed by atoms with Crippen molar-refractivity contribution in [2.45, 2.75) is 32.1 Å². The summed E-state index contributed by atoms with van der Waals surface area (Å²) in [6.07, 6.45) is 6.97. The summed E-state index contributed by atoms with van der Waals surface area (Å²) in [6, 6.07) is 9.44. The highest BCUT2D eigenvalue weighted by molar-refractivity contribution is 6.01. The fraction of sp³-hybridized carbons (Fsp3) is 0.389. The van der Waals surface area contributed by atoms with Gasteiger partial charge in [0, 0.05) is 17.5 Å². The molecule has 1 heterocycles. The molecule has 1 aromatic heterocycles. The molecule has 0 bridgehead atoms.